The number of nitrogens with zero attached hydrogens (tertiary/aromatic N) is 2. The summed E-state index contributed by atoms with van der Waals surface area (Å²) >= 11 is 7.61. The molecule has 1 aromatic carbocycles. The first kappa shape index (κ1) is 16.1. The highest BCUT2D eigenvalue weighted by Crippen LogP contribution is 2.24. The Morgan fingerprint density at radius 3 is 2.52 bits per heavy atom. The maximum atomic E-state index is 5.90. The maximum Gasteiger partial charge on any atom is 0.141 e. The zero-order valence-corrected chi connectivity index (χ0v) is 14.1. The predicted octanol–water partition coefficient (Wildman–Crippen LogP) is 4.66. The predicted molar refractivity (Wildman–Crippen MR) is 91.1 cm³/mol. The molecule has 0 fully saturated rings. The number of anilines is 1. The normalized spacial score (nSPS) is 10.9. The number of hydrogen-bond acceptors (Lipinski definition) is 4. The molecule has 2 rings (SSSR count). The number of aromatic nitrogens is 2. The molecule has 0 bridgehead atoms. The fraction of sp³-hybridized carbons (Fsp3) is 0.375. The summed E-state index contributed by atoms with van der Waals surface area (Å²) in [7, 11) is 1.89. The van der Waals surface area contributed by atoms with Gasteiger partial charge in [-0.2, -0.15) is 0 Å². The second-order valence-corrected chi connectivity index (χ2v) is 6.74. The van der Waals surface area contributed by atoms with Crippen molar-refractivity contribution in [2.75, 3.05) is 12.4 Å². The highest BCUT2D eigenvalue weighted by molar-refractivity contribution is 7.98. The first-order valence-corrected chi connectivity index (χ1v) is 8.36. The first-order chi connectivity index (χ1) is 10.1. The maximum absolute atomic E-state index is 5.90. The van der Waals surface area contributed by atoms with Crippen molar-refractivity contribution in [2.45, 2.75) is 30.9 Å². The number of hydrogen-bond donors (Lipinski definition) is 1. The van der Waals surface area contributed by atoms with E-state index in [1.54, 1.807) is 11.8 Å². The van der Waals surface area contributed by atoms with E-state index in [0.717, 1.165) is 34.5 Å². The van der Waals surface area contributed by atoms with Crippen LogP contribution in [0, 0.1) is 5.92 Å². The standard InChI is InChI=1S/C16H20ClN3S/c1-11(2)8-13-9-15(18-3)20-16(19-13)10-21-14-6-4-12(17)5-7-14/h4-7,9,11H,8,10H2,1-3H3,(H,18,19,20). The summed E-state index contributed by atoms with van der Waals surface area (Å²) in [5.41, 5.74) is 1.09. The molecule has 0 aliphatic heterocycles. The molecule has 0 aliphatic rings. The van der Waals surface area contributed by atoms with Crippen LogP contribution in [0.4, 0.5) is 5.82 Å². The van der Waals surface area contributed by atoms with E-state index in [2.05, 4.69) is 29.1 Å². The molecule has 0 saturated heterocycles. The van der Waals surface area contributed by atoms with Gasteiger partial charge in [-0.1, -0.05) is 25.4 Å². The molecule has 0 unspecified atom stereocenters. The average molecular weight is 322 g/mol. The summed E-state index contributed by atoms with van der Waals surface area (Å²) in [5, 5.41) is 3.87. The van der Waals surface area contributed by atoms with Gasteiger partial charge >= 0.3 is 0 Å². The number of benzene rings is 1. The topological polar surface area (TPSA) is 37.8 Å². The second-order valence-electron chi connectivity index (χ2n) is 5.25. The van der Waals surface area contributed by atoms with Gasteiger partial charge < -0.3 is 5.32 Å². The number of thioether (sulfide) groups is 1. The lowest BCUT2D eigenvalue weighted by atomic mass is 10.1. The molecule has 1 N–H and O–H groups in total. The highest BCUT2D eigenvalue weighted by Gasteiger charge is 2.07. The highest BCUT2D eigenvalue weighted by atomic mass is 35.5. The van der Waals surface area contributed by atoms with Crippen LogP contribution in [0.15, 0.2) is 35.2 Å². The summed E-state index contributed by atoms with van der Waals surface area (Å²) in [4.78, 5) is 10.3. The van der Waals surface area contributed by atoms with E-state index in [4.69, 9.17) is 11.6 Å². The Morgan fingerprint density at radius 2 is 1.90 bits per heavy atom. The molecule has 5 heteroatoms. The third-order valence-electron chi connectivity index (χ3n) is 2.88. The van der Waals surface area contributed by atoms with E-state index in [9.17, 15) is 0 Å². The van der Waals surface area contributed by atoms with Crippen LogP contribution in [-0.4, -0.2) is 17.0 Å². The summed E-state index contributed by atoms with van der Waals surface area (Å²) in [5.74, 6) is 3.08. The van der Waals surface area contributed by atoms with E-state index in [1.807, 2.05) is 37.4 Å². The van der Waals surface area contributed by atoms with Crippen LogP contribution in [0.1, 0.15) is 25.4 Å². The molecule has 0 radical (unpaired) electrons. The Kier molecular flexibility index (Phi) is 5.88. The number of rotatable bonds is 6. The van der Waals surface area contributed by atoms with E-state index < -0.39 is 0 Å². The molecule has 3 nitrogen and oxygen atoms in total. The van der Waals surface area contributed by atoms with Crippen molar-refractivity contribution in [3.8, 4) is 0 Å². The zero-order chi connectivity index (χ0) is 15.2. The monoisotopic (exact) mass is 321 g/mol. The zero-order valence-electron chi connectivity index (χ0n) is 12.6. The van der Waals surface area contributed by atoms with Gasteiger partial charge in [0.1, 0.15) is 11.6 Å². The van der Waals surface area contributed by atoms with Crippen LogP contribution in [0.2, 0.25) is 5.02 Å². The van der Waals surface area contributed by atoms with Gasteiger partial charge in [-0.05, 0) is 36.6 Å². The summed E-state index contributed by atoms with van der Waals surface area (Å²) in [6.07, 6.45) is 0.968. The van der Waals surface area contributed by atoms with E-state index >= 15 is 0 Å². The molecule has 112 valence electrons. The van der Waals surface area contributed by atoms with Crippen molar-refractivity contribution in [1.82, 2.24) is 9.97 Å². The molecule has 0 atom stereocenters. The molecule has 0 saturated carbocycles. The Hall–Kier alpha value is -1.26. The van der Waals surface area contributed by atoms with Gasteiger partial charge in [0.25, 0.3) is 0 Å². The van der Waals surface area contributed by atoms with E-state index in [1.165, 1.54) is 4.90 Å². The van der Waals surface area contributed by atoms with Gasteiger partial charge in [0.2, 0.25) is 0 Å². The lowest BCUT2D eigenvalue weighted by Gasteiger charge is -2.09. The van der Waals surface area contributed by atoms with Crippen LogP contribution < -0.4 is 5.32 Å². The third-order valence-corrected chi connectivity index (χ3v) is 4.14. The molecule has 1 heterocycles. The van der Waals surface area contributed by atoms with E-state index in [-0.39, 0.29) is 0 Å². The van der Waals surface area contributed by atoms with E-state index in [0.29, 0.717) is 5.92 Å². The molecule has 0 spiro atoms. The summed E-state index contributed by atoms with van der Waals surface area (Å²) < 4.78 is 0. The molecule has 21 heavy (non-hydrogen) atoms. The third kappa shape index (κ3) is 5.21. The molecular weight excluding hydrogens is 302 g/mol. The average Bonchev–Trinajstić information content (AvgIpc) is 2.45. The summed E-state index contributed by atoms with van der Waals surface area (Å²) in [6.45, 7) is 4.40. The van der Waals surface area contributed by atoms with Crippen molar-refractivity contribution >= 4 is 29.2 Å². The Bertz CT molecular complexity index is 585. The van der Waals surface area contributed by atoms with Gasteiger partial charge in [0.05, 0.1) is 5.75 Å². The van der Waals surface area contributed by atoms with Gasteiger partial charge in [-0.15, -0.1) is 11.8 Å². The fourth-order valence-electron chi connectivity index (χ4n) is 1.95. The van der Waals surface area contributed by atoms with Crippen molar-refractivity contribution in [1.29, 1.82) is 0 Å². The minimum atomic E-state index is 0.585. The minimum Gasteiger partial charge on any atom is -0.373 e. The first-order valence-electron chi connectivity index (χ1n) is 6.99. The Morgan fingerprint density at radius 1 is 1.19 bits per heavy atom. The number of halogens is 1. The van der Waals surface area contributed by atoms with Crippen molar-refractivity contribution in [3.05, 3.63) is 46.9 Å². The lowest BCUT2D eigenvalue weighted by molar-refractivity contribution is 0.632. The SMILES string of the molecule is CNc1cc(CC(C)C)nc(CSc2ccc(Cl)cc2)n1. The quantitative estimate of drug-likeness (QED) is 0.785. The minimum absolute atomic E-state index is 0.585. The van der Waals surface area contributed by atoms with Crippen LogP contribution in [0.3, 0.4) is 0 Å². The Labute approximate surface area is 135 Å². The van der Waals surface area contributed by atoms with Crippen molar-refractivity contribution in [2.24, 2.45) is 5.92 Å². The van der Waals surface area contributed by atoms with Gasteiger partial charge in [0.15, 0.2) is 0 Å². The molecular formula is C16H20ClN3S. The van der Waals surface area contributed by atoms with Crippen LogP contribution in [0.5, 0.6) is 0 Å². The van der Waals surface area contributed by atoms with Gasteiger partial charge in [-0.3, -0.25) is 0 Å². The van der Waals surface area contributed by atoms with Gasteiger partial charge in [0, 0.05) is 28.7 Å². The van der Waals surface area contributed by atoms with Crippen molar-refractivity contribution in [3.63, 3.8) is 0 Å². The van der Waals surface area contributed by atoms with Gasteiger partial charge in [-0.25, -0.2) is 9.97 Å². The van der Waals surface area contributed by atoms with Crippen LogP contribution >= 0.6 is 23.4 Å². The number of nitrogens with one attached hydrogen (secondary N) is 1. The van der Waals surface area contributed by atoms with Crippen LogP contribution in [-0.2, 0) is 12.2 Å². The molecule has 2 aromatic rings. The van der Waals surface area contributed by atoms with Crippen molar-refractivity contribution < 1.29 is 0 Å². The van der Waals surface area contributed by atoms with Crippen LogP contribution in [0.25, 0.3) is 0 Å². The molecule has 0 amide bonds. The summed E-state index contributed by atoms with van der Waals surface area (Å²) in [6, 6.07) is 9.86. The smallest absolute Gasteiger partial charge is 0.141 e. The second kappa shape index (κ2) is 7.66. The lowest BCUT2D eigenvalue weighted by Crippen LogP contribution is -2.05. The largest absolute Gasteiger partial charge is 0.373 e. The molecule has 0 aliphatic carbocycles. The molecule has 1 aromatic heterocycles. The Balaban J connectivity index is 2.09. The fourth-order valence-corrected chi connectivity index (χ4v) is 2.83.